The summed E-state index contributed by atoms with van der Waals surface area (Å²) in [7, 11) is 0. The molecule has 4 rings (SSSR count). The highest BCUT2D eigenvalue weighted by molar-refractivity contribution is 6.04. The first-order chi connectivity index (χ1) is 10.2. The van der Waals surface area contributed by atoms with E-state index in [9.17, 15) is 9.59 Å². The van der Waals surface area contributed by atoms with Crippen molar-refractivity contribution in [3.05, 3.63) is 52.6 Å². The van der Waals surface area contributed by atoms with Crippen molar-refractivity contribution in [1.82, 2.24) is 19.4 Å². The highest BCUT2D eigenvalue weighted by Gasteiger charge is 2.20. The van der Waals surface area contributed by atoms with Gasteiger partial charge in [0.05, 0.1) is 16.4 Å². The third kappa shape index (κ3) is 1.42. The fraction of sp³-hybridized carbons (Fsp3) is 0. The molecular formula is C14H9N5O2. The number of benzene rings is 1. The first-order valence-corrected chi connectivity index (χ1v) is 6.23. The van der Waals surface area contributed by atoms with Crippen molar-refractivity contribution in [1.29, 1.82) is 0 Å². The summed E-state index contributed by atoms with van der Waals surface area (Å²) in [6.07, 6.45) is 2.76. The zero-order chi connectivity index (χ0) is 14.6. The summed E-state index contributed by atoms with van der Waals surface area (Å²) in [6.45, 7) is 0. The van der Waals surface area contributed by atoms with Gasteiger partial charge in [-0.1, -0.05) is 12.1 Å². The molecule has 0 aliphatic rings. The van der Waals surface area contributed by atoms with Gasteiger partial charge in [-0.05, 0) is 12.1 Å². The smallest absolute Gasteiger partial charge is 0.256 e. The molecule has 102 valence electrons. The molecule has 3 aromatic heterocycles. The fourth-order valence-electron chi connectivity index (χ4n) is 2.60. The van der Waals surface area contributed by atoms with Crippen LogP contribution < -0.4 is 11.2 Å². The van der Waals surface area contributed by atoms with Gasteiger partial charge in [0.2, 0.25) is 5.43 Å². The Balaban J connectivity index is 2.45. The standard InChI is InChI=1S/C14H9N5O2/c15-12(21)10-11(20)7-5-16-6-17-13(7)19-9-4-2-1-3-8(9)18-14(10)19/h1-6,18H,(H2,15,21). The van der Waals surface area contributed by atoms with Gasteiger partial charge in [-0.25, -0.2) is 9.97 Å². The number of pyridine rings is 1. The molecular weight excluding hydrogens is 270 g/mol. The molecule has 1 aromatic carbocycles. The molecule has 0 aliphatic heterocycles. The van der Waals surface area contributed by atoms with E-state index in [-0.39, 0.29) is 10.9 Å². The third-order valence-electron chi connectivity index (χ3n) is 3.48. The van der Waals surface area contributed by atoms with E-state index in [0.29, 0.717) is 11.3 Å². The van der Waals surface area contributed by atoms with Crippen LogP contribution in [0.5, 0.6) is 0 Å². The molecule has 0 saturated heterocycles. The number of primary amides is 1. The van der Waals surface area contributed by atoms with Gasteiger partial charge in [0.1, 0.15) is 17.5 Å². The van der Waals surface area contributed by atoms with Crippen molar-refractivity contribution in [3.8, 4) is 0 Å². The number of para-hydroxylation sites is 2. The second kappa shape index (κ2) is 3.89. The molecule has 4 aromatic rings. The number of hydrogen-bond acceptors (Lipinski definition) is 4. The largest absolute Gasteiger partial charge is 0.365 e. The fourth-order valence-corrected chi connectivity index (χ4v) is 2.60. The number of aromatic nitrogens is 4. The molecule has 3 heterocycles. The average molecular weight is 279 g/mol. The van der Waals surface area contributed by atoms with Crippen LogP contribution in [0.1, 0.15) is 10.4 Å². The van der Waals surface area contributed by atoms with Gasteiger partial charge in [0.15, 0.2) is 5.65 Å². The van der Waals surface area contributed by atoms with Crippen LogP contribution in [-0.2, 0) is 0 Å². The van der Waals surface area contributed by atoms with Crippen LogP contribution >= 0.6 is 0 Å². The van der Waals surface area contributed by atoms with Crippen LogP contribution in [0.2, 0.25) is 0 Å². The Bertz CT molecular complexity index is 1090. The number of rotatable bonds is 1. The normalized spacial score (nSPS) is 11.4. The van der Waals surface area contributed by atoms with Crippen molar-refractivity contribution < 1.29 is 4.79 Å². The number of carbonyl (C=O) groups is 1. The molecule has 0 spiro atoms. The van der Waals surface area contributed by atoms with E-state index in [4.69, 9.17) is 5.73 Å². The number of nitrogens with one attached hydrogen (secondary N) is 1. The van der Waals surface area contributed by atoms with Crippen LogP contribution in [0.25, 0.3) is 27.7 Å². The number of carbonyl (C=O) groups excluding carboxylic acids is 1. The van der Waals surface area contributed by atoms with Crippen molar-refractivity contribution in [3.63, 3.8) is 0 Å². The van der Waals surface area contributed by atoms with Gasteiger partial charge in [0, 0.05) is 6.20 Å². The molecule has 0 unspecified atom stereocenters. The Hall–Kier alpha value is -3.22. The van der Waals surface area contributed by atoms with Gasteiger partial charge in [-0.15, -0.1) is 0 Å². The zero-order valence-corrected chi connectivity index (χ0v) is 10.7. The van der Waals surface area contributed by atoms with E-state index >= 15 is 0 Å². The number of fused-ring (bicyclic) bond motifs is 5. The van der Waals surface area contributed by atoms with Crippen LogP contribution in [0.3, 0.4) is 0 Å². The first-order valence-electron chi connectivity index (χ1n) is 6.23. The molecule has 3 N–H and O–H groups in total. The lowest BCUT2D eigenvalue weighted by atomic mass is 10.2. The Kier molecular flexibility index (Phi) is 2.15. The van der Waals surface area contributed by atoms with Gasteiger partial charge in [-0.2, -0.15) is 0 Å². The number of imidazole rings is 1. The summed E-state index contributed by atoms with van der Waals surface area (Å²) in [5.74, 6) is -0.783. The van der Waals surface area contributed by atoms with Crippen molar-refractivity contribution in [2.75, 3.05) is 0 Å². The van der Waals surface area contributed by atoms with Crippen molar-refractivity contribution >= 4 is 33.6 Å². The van der Waals surface area contributed by atoms with Crippen LogP contribution in [-0.4, -0.2) is 25.3 Å². The Morgan fingerprint density at radius 2 is 2.10 bits per heavy atom. The summed E-state index contributed by atoms with van der Waals surface area (Å²) >= 11 is 0. The molecule has 7 nitrogen and oxygen atoms in total. The van der Waals surface area contributed by atoms with Crippen molar-refractivity contribution in [2.24, 2.45) is 5.73 Å². The molecule has 21 heavy (non-hydrogen) atoms. The second-order valence-corrected chi connectivity index (χ2v) is 4.65. The zero-order valence-electron chi connectivity index (χ0n) is 10.7. The number of amides is 1. The summed E-state index contributed by atoms with van der Waals surface area (Å²) in [6, 6.07) is 7.45. The monoisotopic (exact) mass is 279 g/mol. The Morgan fingerprint density at radius 3 is 2.90 bits per heavy atom. The number of aromatic amines is 1. The molecule has 7 heteroatoms. The predicted molar refractivity (Wildman–Crippen MR) is 77.1 cm³/mol. The van der Waals surface area contributed by atoms with E-state index in [1.54, 1.807) is 4.40 Å². The molecule has 0 fully saturated rings. The third-order valence-corrected chi connectivity index (χ3v) is 3.48. The lowest BCUT2D eigenvalue weighted by Crippen LogP contribution is -2.24. The number of nitrogens with two attached hydrogens (primary N) is 1. The minimum Gasteiger partial charge on any atom is -0.365 e. The maximum Gasteiger partial charge on any atom is 0.256 e. The Morgan fingerprint density at radius 1 is 1.29 bits per heavy atom. The minimum atomic E-state index is -0.783. The minimum absolute atomic E-state index is 0.0894. The number of H-pyrrole nitrogens is 1. The van der Waals surface area contributed by atoms with Crippen molar-refractivity contribution in [2.45, 2.75) is 0 Å². The predicted octanol–water partition coefficient (Wildman–Crippen LogP) is 0.823. The number of nitrogens with zero attached hydrogens (tertiary/aromatic N) is 3. The molecule has 0 atom stereocenters. The highest BCUT2D eigenvalue weighted by Crippen LogP contribution is 2.21. The SMILES string of the molecule is NC(=O)c1c(=O)c2cncnc2n2c1[nH]c1ccccc12. The number of hydrogen-bond donors (Lipinski definition) is 2. The lowest BCUT2D eigenvalue weighted by Gasteiger charge is -2.04. The molecule has 1 amide bonds. The van der Waals surface area contributed by atoms with Gasteiger partial charge in [0.25, 0.3) is 5.91 Å². The summed E-state index contributed by atoms with van der Waals surface area (Å²) in [4.78, 5) is 35.2. The molecule has 0 aliphatic carbocycles. The van der Waals surface area contributed by atoms with E-state index in [1.807, 2.05) is 24.3 Å². The van der Waals surface area contributed by atoms with Crippen LogP contribution in [0.15, 0.2) is 41.6 Å². The maximum atomic E-state index is 12.4. The molecule has 0 saturated carbocycles. The highest BCUT2D eigenvalue weighted by atomic mass is 16.2. The molecule has 0 bridgehead atoms. The maximum absolute atomic E-state index is 12.4. The van der Waals surface area contributed by atoms with E-state index < -0.39 is 11.3 Å². The first kappa shape index (κ1) is 11.6. The van der Waals surface area contributed by atoms with Crippen LogP contribution in [0.4, 0.5) is 0 Å². The van der Waals surface area contributed by atoms with E-state index in [2.05, 4.69) is 15.0 Å². The van der Waals surface area contributed by atoms with E-state index in [1.165, 1.54) is 12.5 Å². The Labute approximate surface area is 117 Å². The van der Waals surface area contributed by atoms with Gasteiger partial charge in [-0.3, -0.25) is 14.0 Å². The van der Waals surface area contributed by atoms with Gasteiger partial charge < -0.3 is 10.7 Å². The van der Waals surface area contributed by atoms with Gasteiger partial charge >= 0.3 is 0 Å². The summed E-state index contributed by atoms with van der Waals surface area (Å²) in [5, 5.41) is 0.258. The molecule has 0 radical (unpaired) electrons. The second-order valence-electron chi connectivity index (χ2n) is 4.65. The topological polar surface area (TPSA) is 106 Å². The lowest BCUT2D eigenvalue weighted by molar-refractivity contribution is 0.100. The van der Waals surface area contributed by atoms with Crippen LogP contribution in [0, 0.1) is 0 Å². The van der Waals surface area contributed by atoms with E-state index in [0.717, 1.165) is 11.0 Å². The quantitative estimate of drug-likeness (QED) is 0.538. The average Bonchev–Trinajstić information content (AvgIpc) is 2.86. The summed E-state index contributed by atoms with van der Waals surface area (Å²) < 4.78 is 1.72. The summed E-state index contributed by atoms with van der Waals surface area (Å²) in [5.41, 5.74) is 7.20.